The quantitative estimate of drug-likeness (QED) is 0.900. The van der Waals surface area contributed by atoms with Crippen LogP contribution in [0.25, 0.3) is 11.3 Å². The maximum Gasteiger partial charge on any atom is 0.220 e. The van der Waals surface area contributed by atoms with E-state index in [4.69, 9.17) is 10.5 Å². The van der Waals surface area contributed by atoms with E-state index in [2.05, 4.69) is 9.97 Å². The number of nitrogens with two attached hydrogens (primary N) is 1. The summed E-state index contributed by atoms with van der Waals surface area (Å²) in [7, 11) is 1.65. The Balaban J connectivity index is 2.60. The molecule has 1 aromatic carbocycles. The number of hydrogen-bond acceptors (Lipinski definition) is 4. The average Bonchev–Trinajstić information content (AvgIpc) is 2.38. The molecule has 0 spiro atoms. The first-order valence-electron chi connectivity index (χ1n) is 5.92. The van der Waals surface area contributed by atoms with Crippen molar-refractivity contribution in [2.75, 3.05) is 12.8 Å². The minimum atomic E-state index is 0.299. The van der Waals surface area contributed by atoms with Gasteiger partial charge in [0.2, 0.25) is 5.95 Å². The number of rotatable bonds is 3. The number of aromatic nitrogens is 2. The average molecular weight is 243 g/mol. The van der Waals surface area contributed by atoms with Gasteiger partial charge in [-0.3, -0.25) is 0 Å². The zero-order chi connectivity index (χ0) is 13.1. The predicted octanol–water partition coefficient (Wildman–Crippen LogP) is 2.61. The van der Waals surface area contributed by atoms with Gasteiger partial charge in [-0.05, 0) is 31.5 Å². The van der Waals surface area contributed by atoms with Crippen LogP contribution in [0.5, 0.6) is 5.75 Å². The fourth-order valence-corrected chi connectivity index (χ4v) is 1.86. The number of hydrogen-bond donors (Lipinski definition) is 1. The molecule has 0 saturated heterocycles. The van der Waals surface area contributed by atoms with Crippen LogP contribution in [-0.4, -0.2) is 17.1 Å². The molecule has 0 saturated carbocycles. The van der Waals surface area contributed by atoms with Crippen molar-refractivity contribution >= 4 is 5.95 Å². The van der Waals surface area contributed by atoms with Crippen molar-refractivity contribution in [1.29, 1.82) is 0 Å². The molecule has 94 valence electrons. The van der Waals surface area contributed by atoms with Crippen LogP contribution < -0.4 is 10.5 Å². The molecule has 0 fully saturated rings. The summed E-state index contributed by atoms with van der Waals surface area (Å²) in [6.07, 6.45) is 0.827. The Bertz CT molecular complexity index is 567. The van der Waals surface area contributed by atoms with Crippen molar-refractivity contribution in [3.05, 3.63) is 35.5 Å². The molecule has 0 aliphatic carbocycles. The van der Waals surface area contributed by atoms with Crippen molar-refractivity contribution in [1.82, 2.24) is 9.97 Å². The summed E-state index contributed by atoms with van der Waals surface area (Å²) in [5, 5.41) is 0. The highest BCUT2D eigenvalue weighted by atomic mass is 16.5. The van der Waals surface area contributed by atoms with Crippen LogP contribution in [0.1, 0.15) is 18.2 Å². The minimum absolute atomic E-state index is 0.299. The topological polar surface area (TPSA) is 61.0 Å². The van der Waals surface area contributed by atoms with Crippen LogP contribution in [0.4, 0.5) is 5.95 Å². The minimum Gasteiger partial charge on any atom is -0.496 e. The van der Waals surface area contributed by atoms with Crippen LogP contribution in [-0.2, 0) is 6.42 Å². The first-order valence-corrected chi connectivity index (χ1v) is 5.92. The van der Waals surface area contributed by atoms with Gasteiger partial charge in [-0.25, -0.2) is 9.97 Å². The number of benzene rings is 1. The Morgan fingerprint density at radius 3 is 2.67 bits per heavy atom. The zero-order valence-electron chi connectivity index (χ0n) is 10.9. The highest BCUT2D eigenvalue weighted by Crippen LogP contribution is 2.30. The van der Waals surface area contributed by atoms with E-state index in [1.165, 1.54) is 0 Å². The lowest BCUT2D eigenvalue weighted by Crippen LogP contribution is -2.01. The van der Waals surface area contributed by atoms with Gasteiger partial charge in [-0.2, -0.15) is 0 Å². The highest BCUT2D eigenvalue weighted by molar-refractivity contribution is 5.69. The van der Waals surface area contributed by atoms with Crippen molar-refractivity contribution in [3.8, 4) is 17.0 Å². The summed E-state index contributed by atoms with van der Waals surface area (Å²) in [4.78, 5) is 8.47. The molecule has 0 unspecified atom stereocenters. The first-order chi connectivity index (χ1) is 8.63. The third-order valence-electron chi connectivity index (χ3n) is 2.79. The molecule has 4 heteroatoms. The fourth-order valence-electron chi connectivity index (χ4n) is 1.86. The largest absolute Gasteiger partial charge is 0.496 e. The van der Waals surface area contributed by atoms with Crippen LogP contribution in [0, 0.1) is 6.92 Å². The SMILES string of the molecule is CCc1cc(-c2cc(C)ccc2OC)nc(N)n1. The van der Waals surface area contributed by atoms with Gasteiger partial charge in [-0.1, -0.05) is 18.6 Å². The number of ether oxygens (including phenoxy) is 1. The smallest absolute Gasteiger partial charge is 0.220 e. The number of anilines is 1. The lowest BCUT2D eigenvalue weighted by atomic mass is 10.1. The van der Waals surface area contributed by atoms with Crippen molar-refractivity contribution in [2.24, 2.45) is 0 Å². The van der Waals surface area contributed by atoms with Gasteiger partial charge in [0, 0.05) is 11.3 Å². The van der Waals surface area contributed by atoms with Gasteiger partial charge in [0.1, 0.15) is 5.75 Å². The molecule has 0 aliphatic rings. The van der Waals surface area contributed by atoms with E-state index in [9.17, 15) is 0 Å². The van der Waals surface area contributed by atoms with E-state index in [-0.39, 0.29) is 0 Å². The summed E-state index contributed by atoms with van der Waals surface area (Å²) < 4.78 is 5.37. The molecule has 1 aromatic heterocycles. The summed E-state index contributed by atoms with van der Waals surface area (Å²) >= 11 is 0. The van der Waals surface area contributed by atoms with Crippen LogP contribution in [0.3, 0.4) is 0 Å². The van der Waals surface area contributed by atoms with E-state index in [1.807, 2.05) is 38.1 Å². The molecule has 0 atom stereocenters. The normalized spacial score (nSPS) is 10.4. The molecule has 2 N–H and O–H groups in total. The monoisotopic (exact) mass is 243 g/mol. The molecule has 18 heavy (non-hydrogen) atoms. The molecular weight excluding hydrogens is 226 g/mol. The highest BCUT2D eigenvalue weighted by Gasteiger charge is 2.09. The van der Waals surface area contributed by atoms with Crippen LogP contribution in [0.2, 0.25) is 0 Å². The lowest BCUT2D eigenvalue weighted by Gasteiger charge is -2.10. The zero-order valence-corrected chi connectivity index (χ0v) is 10.9. The van der Waals surface area contributed by atoms with Gasteiger partial charge >= 0.3 is 0 Å². The van der Waals surface area contributed by atoms with Gasteiger partial charge in [0.25, 0.3) is 0 Å². The molecule has 1 heterocycles. The molecule has 0 amide bonds. The second-order valence-electron chi connectivity index (χ2n) is 4.16. The van der Waals surface area contributed by atoms with Crippen molar-refractivity contribution in [3.63, 3.8) is 0 Å². The van der Waals surface area contributed by atoms with E-state index >= 15 is 0 Å². The van der Waals surface area contributed by atoms with Crippen LogP contribution in [0.15, 0.2) is 24.3 Å². The van der Waals surface area contributed by atoms with Gasteiger partial charge < -0.3 is 10.5 Å². The third-order valence-corrected chi connectivity index (χ3v) is 2.79. The molecular formula is C14H17N3O. The second kappa shape index (κ2) is 5.04. The van der Waals surface area contributed by atoms with E-state index < -0.39 is 0 Å². The molecule has 2 aromatic rings. The summed E-state index contributed by atoms with van der Waals surface area (Å²) in [5.41, 5.74) is 9.58. The van der Waals surface area contributed by atoms with Gasteiger partial charge in [0.05, 0.1) is 12.8 Å². The van der Waals surface area contributed by atoms with E-state index in [0.717, 1.165) is 34.7 Å². The van der Waals surface area contributed by atoms with E-state index in [0.29, 0.717) is 5.95 Å². The van der Waals surface area contributed by atoms with Crippen LogP contribution >= 0.6 is 0 Å². The van der Waals surface area contributed by atoms with E-state index in [1.54, 1.807) is 7.11 Å². The molecule has 2 rings (SSSR count). The molecule has 0 aliphatic heterocycles. The summed E-state index contributed by atoms with van der Waals surface area (Å²) in [6.45, 7) is 4.08. The van der Waals surface area contributed by atoms with Gasteiger partial charge in [0.15, 0.2) is 0 Å². The van der Waals surface area contributed by atoms with Crippen molar-refractivity contribution < 1.29 is 4.74 Å². The maximum absolute atomic E-state index is 5.74. The Kier molecular flexibility index (Phi) is 3.46. The number of aryl methyl sites for hydroxylation is 2. The Morgan fingerprint density at radius 1 is 1.22 bits per heavy atom. The molecule has 0 radical (unpaired) electrons. The second-order valence-corrected chi connectivity index (χ2v) is 4.16. The summed E-state index contributed by atoms with van der Waals surface area (Å²) in [5.74, 6) is 1.09. The first kappa shape index (κ1) is 12.4. The molecule has 0 bridgehead atoms. The summed E-state index contributed by atoms with van der Waals surface area (Å²) in [6, 6.07) is 7.94. The standard InChI is InChI=1S/C14H17N3O/c1-4-10-8-12(17-14(15)16-10)11-7-9(2)5-6-13(11)18-3/h5-8H,4H2,1-3H3,(H2,15,16,17). The number of nitrogen functional groups attached to an aromatic ring is 1. The number of methoxy groups -OCH3 is 1. The van der Waals surface area contributed by atoms with Gasteiger partial charge in [-0.15, -0.1) is 0 Å². The predicted molar refractivity (Wildman–Crippen MR) is 72.5 cm³/mol. The third kappa shape index (κ3) is 2.42. The Hall–Kier alpha value is -2.10. The maximum atomic E-state index is 5.74. The van der Waals surface area contributed by atoms with Crippen molar-refractivity contribution in [2.45, 2.75) is 20.3 Å². The Morgan fingerprint density at radius 2 is 2.00 bits per heavy atom. The molecule has 4 nitrogen and oxygen atoms in total. The fraction of sp³-hybridized carbons (Fsp3) is 0.286. The Labute approximate surface area is 107 Å². The number of nitrogens with zero attached hydrogens (tertiary/aromatic N) is 2. The lowest BCUT2D eigenvalue weighted by molar-refractivity contribution is 0.416.